The molecular weight excluding hydrogens is 412 g/mol. The molecule has 166 valence electrons. The van der Waals surface area contributed by atoms with E-state index in [1.165, 1.54) is 10.4 Å². The van der Waals surface area contributed by atoms with Crippen LogP contribution in [0.5, 0.6) is 0 Å². The van der Waals surface area contributed by atoms with E-state index < -0.39 is 0 Å². The van der Waals surface area contributed by atoms with Crippen molar-refractivity contribution in [3.05, 3.63) is 49.3 Å². The van der Waals surface area contributed by atoms with E-state index in [-0.39, 0.29) is 23.5 Å². The summed E-state index contributed by atoms with van der Waals surface area (Å²) in [7, 11) is 0. The van der Waals surface area contributed by atoms with Crippen LogP contribution in [0.25, 0.3) is 0 Å². The molecule has 0 spiro atoms. The minimum absolute atomic E-state index is 0.00376. The average molecular weight is 443 g/mol. The Bertz CT molecular complexity index is 1000. The highest BCUT2D eigenvalue weighted by Crippen LogP contribution is 2.28. The Kier molecular flexibility index (Phi) is 5.95. The molecule has 0 saturated carbocycles. The van der Waals surface area contributed by atoms with Crippen LogP contribution < -0.4 is 5.56 Å². The van der Waals surface area contributed by atoms with Crippen LogP contribution in [0.15, 0.2) is 16.2 Å². The molecule has 1 N–H and O–H groups in total. The topological polar surface area (TPSA) is 78.5 Å². The third-order valence-electron chi connectivity index (χ3n) is 6.76. The van der Waals surface area contributed by atoms with Crippen molar-refractivity contribution in [3.8, 4) is 0 Å². The summed E-state index contributed by atoms with van der Waals surface area (Å²) in [5, 5.41) is 2.20. The molecular formula is C23H30N4O3S. The van der Waals surface area contributed by atoms with E-state index >= 15 is 0 Å². The number of piperidine rings is 1. The number of likely N-dealkylation sites (tertiary alicyclic amines) is 1. The number of hydrogen-bond donors (Lipinski definition) is 1. The Morgan fingerprint density at radius 3 is 2.84 bits per heavy atom. The number of rotatable bonds is 4. The van der Waals surface area contributed by atoms with Gasteiger partial charge in [-0.15, -0.1) is 11.3 Å². The van der Waals surface area contributed by atoms with Crippen LogP contribution in [0.3, 0.4) is 0 Å². The Balaban J connectivity index is 1.23. The Hall–Kier alpha value is -2.03. The van der Waals surface area contributed by atoms with E-state index in [0.717, 1.165) is 62.3 Å². The van der Waals surface area contributed by atoms with Gasteiger partial charge in [-0.25, -0.2) is 4.98 Å². The van der Waals surface area contributed by atoms with E-state index in [2.05, 4.69) is 28.3 Å². The molecule has 3 aliphatic rings. The Morgan fingerprint density at radius 1 is 1.29 bits per heavy atom. The second-order valence-corrected chi connectivity index (χ2v) is 10.1. The Labute approximate surface area is 186 Å². The van der Waals surface area contributed by atoms with Gasteiger partial charge in [0.25, 0.3) is 11.5 Å². The van der Waals surface area contributed by atoms with Gasteiger partial charge in [-0.2, -0.15) is 0 Å². The van der Waals surface area contributed by atoms with Crippen molar-refractivity contribution in [2.24, 2.45) is 0 Å². The predicted octanol–water partition coefficient (Wildman–Crippen LogP) is 2.58. The summed E-state index contributed by atoms with van der Waals surface area (Å²) in [4.78, 5) is 39.0. The van der Waals surface area contributed by atoms with Crippen LogP contribution in [-0.2, 0) is 29.0 Å². The summed E-state index contributed by atoms with van der Waals surface area (Å²) in [6, 6.07) is 2.22. The molecule has 2 aromatic heterocycles. The van der Waals surface area contributed by atoms with Gasteiger partial charge in [-0.1, -0.05) is 0 Å². The number of ether oxygens (including phenoxy) is 1. The number of H-pyrrole nitrogens is 1. The minimum atomic E-state index is -0.251. The van der Waals surface area contributed by atoms with Gasteiger partial charge in [0.05, 0.1) is 11.3 Å². The van der Waals surface area contributed by atoms with E-state index in [1.807, 2.05) is 4.90 Å². The van der Waals surface area contributed by atoms with Crippen LogP contribution >= 0.6 is 11.3 Å². The number of nitrogens with one attached hydrogen (secondary N) is 1. The molecule has 31 heavy (non-hydrogen) atoms. The molecule has 8 heteroatoms. The first-order valence-electron chi connectivity index (χ1n) is 11.4. The summed E-state index contributed by atoms with van der Waals surface area (Å²) in [6.07, 6.45) is 4.04. The molecule has 7 nitrogen and oxygen atoms in total. The number of fused-ring (bicyclic) bond motifs is 1. The van der Waals surface area contributed by atoms with Gasteiger partial charge in [0.15, 0.2) is 0 Å². The Morgan fingerprint density at radius 2 is 2.13 bits per heavy atom. The van der Waals surface area contributed by atoms with Crippen LogP contribution in [-0.4, -0.2) is 58.0 Å². The number of aromatic nitrogens is 2. The highest BCUT2D eigenvalue weighted by Gasteiger charge is 2.32. The summed E-state index contributed by atoms with van der Waals surface area (Å²) in [5.74, 6) is 1.14. The average Bonchev–Trinajstić information content (AvgIpc) is 3.46. The van der Waals surface area contributed by atoms with Gasteiger partial charge in [-0.05, 0) is 49.6 Å². The second kappa shape index (κ2) is 8.84. The fourth-order valence-electron chi connectivity index (χ4n) is 5.02. The van der Waals surface area contributed by atoms with E-state index in [1.54, 1.807) is 11.3 Å². The van der Waals surface area contributed by atoms with Gasteiger partial charge in [0, 0.05) is 56.5 Å². The van der Waals surface area contributed by atoms with Crippen molar-refractivity contribution in [3.63, 3.8) is 0 Å². The maximum Gasteiger partial charge on any atom is 0.255 e. The summed E-state index contributed by atoms with van der Waals surface area (Å²) in [5.41, 5.74) is 3.09. The maximum atomic E-state index is 12.9. The largest absolute Gasteiger partial charge is 0.368 e. The molecule has 5 heterocycles. The fourth-order valence-corrected chi connectivity index (χ4v) is 5.72. The summed E-state index contributed by atoms with van der Waals surface area (Å²) in [6.45, 7) is 6.68. The third kappa shape index (κ3) is 4.47. The van der Waals surface area contributed by atoms with Gasteiger partial charge in [-0.3, -0.25) is 14.5 Å². The van der Waals surface area contributed by atoms with Crippen molar-refractivity contribution in [1.29, 1.82) is 0 Å². The number of carbonyl (C=O) groups excluding carboxylic acids is 1. The highest BCUT2D eigenvalue weighted by atomic mass is 32.1. The minimum Gasteiger partial charge on any atom is -0.368 e. The fraction of sp³-hybridized carbons (Fsp3) is 0.609. The van der Waals surface area contributed by atoms with Crippen molar-refractivity contribution in [1.82, 2.24) is 19.8 Å². The molecule has 5 rings (SSSR count). The molecule has 1 amide bonds. The van der Waals surface area contributed by atoms with Crippen LogP contribution in [0.2, 0.25) is 0 Å². The van der Waals surface area contributed by atoms with E-state index in [9.17, 15) is 9.59 Å². The number of hydrogen-bond acceptors (Lipinski definition) is 6. The first kappa shape index (κ1) is 20.8. The molecule has 0 unspecified atom stereocenters. The molecule has 0 bridgehead atoms. The van der Waals surface area contributed by atoms with Crippen molar-refractivity contribution < 1.29 is 9.53 Å². The van der Waals surface area contributed by atoms with Crippen molar-refractivity contribution >= 4 is 17.2 Å². The van der Waals surface area contributed by atoms with Gasteiger partial charge in [0.2, 0.25) is 0 Å². The molecule has 0 radical (unpaired) electrons. The first-order chi connectivity index (χ1) is 15.1. The van der Waals surface area contributed by atoms with Crippen LogP contribution in [0, 0.1) is 6.92 Å². The van der Waals surface area contributed by atoms with Crippen LogP contribution in [0.1, 0.15) is 59.1 Å². The van der Waals surface area contributed by atoms with Gasteiger partial charge < -0.3 is 14.6 Å². The number of carbonyl (C=O) groups is 1. The highest BCUT2D eigenvalue weighted by molar-refractivity contribution is 7.10. The number of amides is 1. The lowest BCUT2D eigenvalue weighted by Crippen LogP contribution is -2.43. The molecule has 2 fully saturated rings. The second-order valence-electron chi connectivity index (χ2n) is 9.00. The quantitative estimate of drug-likeness (QED) is 0.788. The molecule has 0 aliphatic carbocycles. The molecule has 2 aromatic rings. The van der Waals surface area contributed by atoms with Crippen molar-refractivity contribution in [2.75, 3.05) is 26.2 Å². The SMILES string of the molecule is Cc1cc(CN2CCc3nc(C4CCN(C(=O)[C@H]5CCCO5)CC4)[nH]c(=O)c3C2)cs1. The first-order valence-corrected chi connectivity index (χ1v) is 12.2. The molecule has 1 atom stereocenters. The van der Waals surface area contributed by atoms with E-state index in [4.69, 9.17) is 9.72 Å². The van der Waals surface area contributed by atoms with Crippen molar-refractivity contribution in [2.45, 2.75) is 64.1 Å². The smallest absolute Gasteiger partial charge is 0.255 e. The summed E-state index contributed by atoms with van der Waals surface area (Å²) < 4.78 is 5.55. The van der Waals surface area contributed by atoms with E-state index in [0.29, 0.717) is 26.2 Å². The van der Waals surface area contributed by atoms with Gasteiger partial charge >= 0.3 is 0 Å². The predicted molar refractivity (Wildman–Crippen MR) is 119 cm³/mol. The number of nitrogens with zero attached hydrogens (tertiary/aromatic N) is 3. The zero-order valence-corrected chi connectivity index (χ0v) is 18.9. The normalized spacial score (nSPS) is 22.6. The lowest BCUT2D eigenvalue weighted by molar-refractivity contribution is -0.142. The summed E-state index contributed by atoms with van der Waals surface area (Å²) >= 11 is 1.77. The zero-order chi connectivity index (χ0) is 21.4. The maximum absolute atomic E-state index is 12.9. The molecule has 0 aromatic carbocycles. The number of aryl methyl sites for hydroxylation is 1. The zero-order valence-electron chi connectivity index (χ0n) is 18.1. The monoisotopic (exact) mass is 442 g/mol. The van der Waals surface area contributed by atoms with Crippen LogP contribution in [0.4, 0.5) is 0 Å². The number of thiophene rings is 1. The third-order valence-corrected chi connectivity index (χ3v) is 7.67. The molecule has 3 aliphatic heterocycles. The number of aromatic amines is 1. The molecule has 2 saturated heterocycles. The van der Waals surface area contributed by atoms with Gasteiger partial charge in [0.1, 0.15) is 11.9 Å². The lowest BCUT2D eigenvalue weighted by atomic mass is 9.94. The standard InChI is InChI=1S/C23H30N4O3S/c1-15-11-16(14-31-15)12-26-7-6-19-18(13-26)22(28)25-21(24-19)17-4-8-27(9-5-17)23(29)20-3-2-10-30-20/h11,14,17,20H,2-10,12-13H2,1H3,(H,24,25,28)/t20-/m1/s1. The lowest BCUT2D eigenvalue weighted by Gasteiger charge is -2.33.